The fourth-order valence-electron chi connectivity index (χ4n) is 4.99. The first kappa shape index (κ1) is 19.4. The first-order valence-electron chi connectivity index (χ1n) is 10.2. The van der Waals surface area contributed by atoms with E-state index < -0.39 is 0 Å². The molecular weight excluding hydrogens is 408 g/mol. The number of thioether (sulfide) groups is 2. The third kappa shape index (κ3) is 3.33. The summed E-state index contributed by atoms with van der Waals surface area (Å²) >= 11 is 5.69. The van der Waals surface area contributed by atoms with Gasteiger partial charge < -0.3 is 15.2 Å². The zero-order valence-corrected chi connectivity index (χ0v) is 18.9. The van der Waals surface area contributed by atoms with E-state index in [4.69, 9.17) is 0 Å². The molecule has 5 rings (SSSR count). The lowest BCUT2D eigenvalue weighted by Crippen LogP contribution is -2.60. The van der Waals surface area contributed by atoms with E-state index in [-0.39, 0.29) is 0 Å². The summed E-state index contributed by atoms with van der Waals surface area (Å²) in [6.07, 6.45) is 1.27. The molecule has 3 aliphatic heterocycles. The summed E-state index contributed by atoms with van der Waals surface area (Å²) in [7, 11) is 0. The average molecular weight is 437 g/mol. The van der Waals surface area contributed by atoms with Crippen molar-refractivity contribution in [1.82, 2.24) is 30.7 Å². The Morgan fingerprint density at radius 2 is 2.18 bits per heavy atom. The van der Waals surface area contributed by atoms with Gasteiger partial charge in [-0.15, -0.1) is 33.3 Å². The smallest absolute Gasteiger partial charge is 0.193 e. The Morgan fingerprint density at radius 3 is 2.96 bits per heavy atom. The van der Waals surface area contributed by atoms with Gasteiger partial charge in [0.05, 0.1) is 15.6 Å². The van der Waals surface area contributed by atoms with Crippen molar-refractivity contribution in [1.29, 1.82) is 0 Å². The highest BCUT2D eigenvalue weighted by atomic mass is 32.2. The standard InChI is InChI=1S/C19H28N6S3/c1-4-25-16(12-6-5-7-26-12)23-24-19(25)28-18-15-14(20-9-21-18)13-10(2)8-11(3)22-17(13)27-15/h5-7,10-11,13-15,17-18,20-22H,4,8-9H2,1-3H3. The molecule has 2 aromatic heterocycles. The summed E-state index contributed by atoms with van der Waals surface area (Å²) in [5.41, 5.74) is 0. The highest BCUT2D eigenvalue weighted by Crippen LogP contribution is 2.49. The van der Waals surface area contributed by atoms with Crippen LogP contribution in [0.2, 0.25) is 0 Å². The quantitative estimate of drug-likeness (QED) is 0.681. The molecule has 3 aliphatic rings. The summed E-state index contributed by atoms with van der Waals surface area (Å²) in [5, 5.41) is 24.9. The van der Waals surface area contributed by atoms with Crippen molar-refractivity contribution >= 4 is 34.9 Å². The molecule has 0 aromatic carbocycles. The number of thiophene rings is 1. The van der Waals surface area contributed by atoms with Crippen LogP contribution in [0.3, 0.4) is 0 Å². The molecular formula is C19H28N6S3. The Morgan fingerprint density at radius 1 is 1.29 bits per heavy atom. The van der Waals surface area contributed by atoms with Crippen molar-refractivity contribution in [2.75, 3.05) is 6.67 Å². The molecule has 0 bridgehead atoms. The van der Waals surface area contributed by atoms with Gasteiger partial charge in [0, 0.05) is 36.5 Å². The van der Waals surface area contributed by atoms with Gasteiger partial charge in [-0.25, -0.2) is 0 Å². The number of nitrogens with zero attached hydrogens (tertiary/aromatic N) is 3. The highest BCUT2D eigenvalue weighted by molar-refractivity contribution is 8.04. The fourth-order valence-corrected chi connectivity index (χ4v) is 9.15. The van der Waals surface area contributed by atoms with Crippen molar-refractivity contribution in [3.63, 3.8) is 0 Å². The van der Waals surface area contributed by atoms with Crippen molar-refractivity contribution in [3.8, 4) is 10.7 Å². The van der Waals surface area contributed by atoms with E-state index in [1.807, 2.05) is 11.8 Å². The summed E-state index contributed by atoms with van der Waals surface area (Å²) in [6.45, 7) is 8.68. The minimum Gasteiger partial charge on any atom is -0.303 e. The Labute approximate surface area is 179 Å². The van der Waals surface area contributed by atoms with Crippen LogP contribution in [0.4, 0.5) is 0 Å². The Kier molecular flexibility index (Phi) is 5.49. The molecule has 0 radical (unpaired) electrons. The second-order valence-corrected chi connectivity index (χ2v) is 11.4. The second kappa shape index (κ2) is 7.92. The van der Waals surface area contributed by atoms with Crippen LogP contribution in [-0.2, 0) is 6.54 Å². The summed E-state index contributed by atoms with van der Waals surface area (Å²) in [5.74, 6) is 2.44. The Bertz CT molecular complexity index is 809. The van der Waals surface area contributed by atoms with E-state index in [9.17, 15) is 0 Å². The zero-order chi connectivity index (χ0) is 19.3. The van der Waals surface area contributed by atoms with Gasteiger partial charge in [-0.1, -0.05) is 24.8 Å². The Balaban J connectivity index is 1.38. The predicted octanol–water partition coefficient (Wildman–Crippen LogP) is 3.04. The van der Waals surface area contributed by atoms with Gasteiger partial charge in [0.1, 0.15) is 0 Å². The van der Waals surface area contributed by atoms with E-state index in [0.717, 1.165) is 30.1 Å². The first-order valence-corrected chi connectivity index (χ1v) is 12.9. The van der Waals surface area contributed by atoms with Gasteiger partial charge in [-0.3, -0.25) is 5.32 Å². The first-order chi connectivity index (χ1) is 13.7. The maximum atomic E-state index is 4.57. The van der Waals surface area contributed by atoms with E-state index >= 15 is 0 Å². The van der Waals surface area contributed by atoms with E-state index in [0.29, 0.717) is 34.0 Å². The van der Waals surface area contributed by atoms with Gasteiger partial charge in [0.2, 0.25) is 0 Å². The summed E-state index contributed by atoms with van der Waals surface area (Å²) in [4.78, 5) is 1.19. The van der Waals surface area contributed by atoms with E-state index in [2.05, 4.69) is 80.8 Å². The number of nitrogens with one attached hydrogen (secondary N) is 3. The molecule has 28 heavy (non-hydrogen) atoms. The molecule has 0 amide bonds. The molecule has 3 fully saturated rings. The van der Waals surface area contributed by atoms with Gasteiger partial charge in [0.25, 0.3) is 0 Å². The number of aromatic nitrogens is 3. The van der Waals surface area contributed by atoms with Crippen LogP contribution in [0.1, 0.15) is 27.2 Å². The minimum atomic E-state index is 0.344. The van der Waals surface area contributed by atoms with Gasteiger partial charge >= 0.3 is 0 Å². The molecule has 152 valence electrons. The van der Waals surface area contributed by atoms with Crippen LogP contribution < -0.4 is 16.0 Å². The lowest BCUT2D eigenvalue weighted by Gasteiger charge is -2.41. The predicted molar refractivity (Wildman–Crippen MR) is 119 cm³/mol. The monoisotopic (exact) mass is 436 g/mol. The molecule has 3 saturated heterocycles. The zero-order valence-electron chi connectivity index (χ0n) is 16.5. The van der Waals surface area contributed by atoms with Gasteiger partial charge in [0.15, 0.2) is 11.0 Å². The Hall–Kier alpha value is -0.580. The van der Waals surface area contributed by atoms with Crippen LogP contribution >= 0.6 is 34.9 Å². The fraction of sp³-hybridized carbons (Fsp3) is 0.684. The molecule has 9 heteroatoms. The van der Waals surface area contributed by atoms with Crippen molar-refractivity contribution in [2.45, 2.75) is 67.0 Å². The lowest BCUT2D eigenvalue weighted by atomic mass is 9.79. The van der Waals surface area contributed by atoms with Crippen LogP contribution in [-0.4, -0.2) is 49.5 Å². The van der Waals surface area contributed by atoms with Gasteiger partial charge in [-0.2, -0.15) is 0 Å². The average Bonchev–Trinajstić information content (AvgIpc) is 3.39. The number of hydrogen-bond donors (Lipinski definition) is 3. The number of rotatable bonds is 4. The van der Waals surface area contributed by atoms with Crippen molar-refractivity contribution in [3.05, 3.63) is 17.5 Å². The molecule has 5 heterocycles. The van der Waals surface area contributed by atoms with Gasteiger partial charge in [-0.05, 0) is 37.6 Å². The molecule has 7 atom stereocenters. The third-order valence-electron chi connectivity index (χ3n) is 6.20. The molecule has 6 nitrogen and oxygen atoms in total. The van der Waals surface area contributed by atoms with E-state index in [1.165, 1.54) is 11.3 Å². The number of hydrogen-bond acceptors (Lipinski definition) is 8. The largest absolute Gasteiger partial charge is 0.303 e. The number of piperidine rings is 1. The molecule has 0 saturated carbocycles. The van der Waals surface area contributed by atoms with Crippen LogP contribution in [0.25, 0.3) is 10.7 Å². The maximum Gasteiger partial charge on any atom is 0.193 e. The molecule has 0 spiro atoms. The molecule has 3 N–H and O–H groups in total. The van der Waals surface area contributed by atoms with Crippen LogP contribution in [0.15, 0.2) is 22.7 Å². The van der Waals surface area contributed by atoms with E-state index in [1.54, 1.807) is 11.3 Å². The lowest BCUT2D eigenvalue weighted by molar-refractivity contribution is 0.166. The molecule has 0 aliphatic carbocycles. The summed E-state index contributed by atoms with van der Waals surface area (Å²) < 4.78 is 2.25. The summed E-state index contributed by atoms with van der Waals surface area (Å²) in [6, 6.07) is 5.37. The normalized spacial score (nSPS) is 37.6. The molecule has 7 unspecified atom stereocenters. The molecule has 2 aromatic rings. The van der Waals surface area contributed by atoms with Crippen LogP contribution in [0.5, 0.6) is 0 Å². The van der Waals surface area contributed by atoms with Crippen molar-refractivity contribution < 1.29 is 0 Å². The minimum absolute atomic E-state index is 0.344. The SMILES string of the molecule is CCn1c(SC2NCNC3C2SC2NC(C)CC(C)C23)nnc1-c1cccs1. The van der Waals surface area contributed by atoms with Crippen molar-refractivity contribution in [2.24, 2.45) is 11.8 Å². The topological polar surface area (TPSA) is 66.8 Å². The maximum absolute atomic E-state index is 4.57. The highest BCUT2D eigenvalue weighted by Gasteiger charge is 2.52. The third-order valence-corrected chi connectivity index (χ3v) is 10.1. The number of fused-ring (bicyclic) bond motifs is 3. The van der Waals surface area contributed by atoms with Crippen LogP contribution in [0, 0.1) is 11.8 Å². The second-order valence-electron chi connectivity index (χ2n) is 8.06.